The van der Waals surface area contributed by atoms with E-state index in [9.17, 15) is 4.79 Å². The van der Waals surface area contributed by atoms with Crippen molar-refractivity contribution in [3.8, 4) is 0 Å². The lowest BCUT2D eigenvalue weighted by Gasteiger charge is -2.05. The molecule has 84 valence electrons. The van der Waals surface area contributed by atoms with Crippen molar-refractivity contribution < 1.29 is 0 Å². The topological polar surface area (TPSA) is 69.8 Å². The smallest absolute Gasteiger partial charge is 0.252 e. The number of anilines is 1. The van der Waals surface area contributed by atoms with E-state index < -0.39 is 0 Å². The Morgan fingerprint density at radius 2 is 2.27 bits per heavy atom. The molecule has 0 unspecified atom stereocenters. The molecule has 1 rings (SSSR count). The van der Waals surface area contributed by atoms with Crippen LogP contribution in [-0.2, 0) is 0 Å². The van der Waals surface area contributed by atoms with Crippen LogP contribution in [0.4, 0.5) is 5.82 Å². The molecule has 0 atom stereocenters. The Bertz CT molecular complexity index is 348. The highest BCUT2D eigenvalue weighted by molar-refractivity contribution is 5.32. The summed E-state index contributed by atoms with van der Waals surface area (Å²) in [6, 6.07) is 1.47. The summed E-state index contributed by atoms with van der Waals surface area (Å²) in [5, 5.41) is 6.34. The molecule has 0 aliphatic rings. The number of hydrogen-bond acceptors (Lipinski definition) is 4. The average Bonchev–Trinajstić information content (AvgIpc) is 2.16. The molecule has 5 nitrogen and oxygen atoms in total. The fourth-order valence-electron chi connectivity index (χ4n) is 1.28. The first-order chi connectivity index (χ1) is 7.22. The largest absolute Gasteiger partial charge is 0.370 e. The van der Waals surface area contributed by atoms with Crippen LogP contribution in [0.3, 0.4) is 0 Å². The van der Waals surface area contributed by atoms with E-state index in [4.69, 9.17) is 0 Å². The molecule has 0 aliphatic heterocycles. The first kappa shape index (κ1) is 11.7. The van der Waals surface area contributed by atoms with Crippen LogP contribution in [0.2, 0.25) is 0 Å². The van der Waals surface area contributed by atoms with Crippen LogP contribution in [0.1, 0.15) is 19.2 Å². The van der Waals surface area contributed by atoms with E-state index in [1.54, 1.807) is 6.92 Å². The van der Waals surface area contributed by atoms with Gasteiger partial charge in [-0.2, -0.15) is 0 Å². The summed E-state index contributed by atoms with van der Waals surface area (Å²) in [6.45, 7) is 6.64. The van der Waals surface area contributed by atoms with Crippen molar-refractivity contribution in [1.29, 1.82) is 0 Å². The van der Waals surface area contributed by atoms with Gasteiger partial charge in [-0.1, -0.05) is 6.92 Å². The van der Waals surface area contributed by atoms with Gasteiger partial charge in [0.1, 0.15) is 11.6 Å². The van der Waals surface area contributed by atoms with Crippen LogP contribution in [-0.4, -0.2) is 29.6 Å². The highest BCUT2D eigenvalue weighted by atomic mass is 16.1. The molecule has 5 heteroatoms. The number of aryl methyl sites for hydroxylation is 1. The molecule has 0 radical (unpaired) electrons. The lowest BCUT2D eigenvalue weighted by atomic mass is 10.4. The first-order valence-corrected chi connectivity index (χ1v) is 5.25. The zero-order valence-electron chi connectivity index (χ0n) is 9.26. The molecule has 0 aliphatic carbocycles. The van der Waals surface area contributed by atoms with Crippen molar-refractivity contribution in [2.24, 2.45) is 0 Å². The van der Waals surface area contributed by atoms with E-state index in [0.29, 0.717) is 11.6 Å². The van der Waals surface area contributed by atoms with Crippen molar-refractivity contribution >= 4 is 5.82 Å². The molecule has 0 saturated heterocycles. The van der Waals surface area contributed by atoms with Crippen molar-refractivity contribution in [3.05, 3.63) is 22.2 Å². The average molecular weight is 210 g/mol. The van der Waals surface area contributed by atoms with Gasteiger partial charge in [0.25, 0.3) is 5.56 Å². The third kappa shape index (κ3) is 4.60. The third-order valence-electron chi connectivity index (χ3n) is 1.95. The molecule has 1 heterocycles. The Morgan fingerprint density at radius 3 is 2.93 bits per heavy atom. The monoisotopic (exact) mass is 210 g/mol. The van der Waals surface area contributed by atoms with Crippen LogP contribution < -0.4 is 16.2 Å². The molecule has 1 aromatic rings. The Hall–Kier alpha value is -1.36. The number of nitrogens with one attached hydrogen (secondary N) is 3. The number of aromatic amines is 1. The van der Waals surface area contributed by atoms with Gasteiger partial charge in [0.15, 0.2) is 0 Å². The maximum atomic E-state index is 11.1. The minimum Gasteiger partial charge on any atom is -0.370 e. The standard InChI is InChI=1S/C10H18N4O/c1-3-11-5-4-6-12-9-7-10(15)14-8(2)13-9/h7,11H,3-6H2,1-2H3,(H2,12,13,14,15). The van der Waals surface area contributed by atoms with Gasteiger partial charge in [0.2, 0.25) is 0 Å². The molecule has 1 aromatic heterocycles. The van der Waals surface area contributed by atoms with E-state index in [0.717, 1.165) is 26.1 Å². The number of H-pyrrole nitrogens is 1. The second-order valence-corrected chi connectivity index (χ2v) is 3.35. The predicted molar refractivity (Wildman–Crippen MR) is 61.2 cm³/mol. The van der Waals surface area contributed by atoms with Gasteiger partial charge in [-0.15, -0.1) is 0 Å². The Labute approximate surface area is 89.3 Å². The summed E-state index contributed by atoms with van der Waals surface area (Å²) in [7, 11) is 0. The van der Waals surface area contributed by atoms with Gasteiger partial charge in [-0.25, -0.2) is 4.98 Å². The number of aromatic nitrogens is 2. The molecule has 0 fully saturated rings. The SMILES string of the molecule is CCNCCCNc1cc(=O)[nH]c(C)n1. The van der Waals surface area contributed by atoms with Gasteiger partial charge in [-0.3, -0.25) is 4.79 Å². The summed E-state index contributed by atoms with van der Waals surface area (Å²) in [5.74, 6) is 1.28. The summed E-state index contributed by atoms with van der Waals surface area (Å²) in [5.41, 5.74) is -0.114. The van der Waals surface area contributed by atoms with Crippen molar-refractivity contribution in [2.75, 3.05) is 25.0 Å². The lowest BCUT2D eigenvalue weighted by molar-refractivity contribution is 0.688. The van der Waals surface area contributed by atoms with E-state index in [1.807, 2.05) is 0 Å². The van der Waals surface area contributed by atoms with Crippen molar-refractivity contribution in [1.82, 2.24) is 15.3 Å². The normalized spacial score (nSPS) is 10.3. The van der Waals surface area contributed by atoms with Crippen molar-refractivity contribution in [3.63, 3.8) is 0 Å². The highest BCUT2D eigenvalue weighted by Gasteiger charge is 1.96. The van der Waals surface area contributed by atoms with E-state index in [2.05, 4.69) is 27.5 Å². The van der Waals surface area contributed by atoms with Crippen LogP contribution in [0.5, 0.6) is 0 Å². The van der Waals surface area contributed by atoms with Crippen LogP contribution >= 0.6 is 0 Å². The van der Waals surface area contributed by atoms with Gasteiger partial charge >= 0.3 is 0 Å². The maximum absolute atomic E-state index is 11.1. The van der Waals surface area contributed by atoms with Gasteiger partial charge in [0.05, 0.1) is 0 Å². The molecule has 0 aromatic carbocycles. The van der Waals surface area contributed by atoms with Gasteiger partial charge in [0, 0.05) is 12.6 Å². The van der Waals surface area contributed by atoms with Gasteiger partial charge < -0.3 is 15.6 Å². The number of nitrogens with zero attached hydrogens (tertiary/aromatic N) is 1. The second-order valence-electron chi connectivity index (χ2n) is 3.35. The molecular weight excluding hydrogens is 192 g/mol. The molecule has 0 amide bonds. The Kier molecular flexibility index (Phi) is 4.83. The molecule has 3 N–H and O–H groups in total. The van der Waals surface area contributed by atoms with Gasteiger partial charge in [-0.05, 0) is 26.4 Å². The molecule has 0 spiro atoms. The first-order valence-electron chi connectivity index (χ1n) is 5.25. The number of rotatable bonds is 6. The summed E-state index contributed by atoms with van der Waals surface area (Å²) in [4.78, 5) is 17.9. The van der Waals surface area contributed by atoms with E-state index in [1.165, 1.54) is 6.07 Å². The Morgan fingerprint density at radius 1 is 1.47 bits per heavy atom. The van der Waals surface area contributed by atoms with E-state index in [-0.39, 0.29) is 5.56 Å². The fraction of sp³-hybridized carbons (Fsp3) is 0.600. The zero-order valence-corrected chi connectivity index (χ0v) is 9.26. The summed E-state index contributed by atoms with van der Waals surface area (Å²) < 4.78 is 0. The third-order valence-corrected chi connectivity index (χ3v) is 1.95. The molecule has 0 saturated carbocycles. The van der Waals surface area contributed by atoms with E-state index >= 15 is 0 Å². The molecular formula is C10H18N4O. The maximum Gasteiger partial charge on any atom is 0.252 e. The number of hydrogen-bond donors (Lipinski definition) is 3. The van der Waals surface area contributed by atoms with Crippen molar-refractivity contribution in [2.45, 2.75) is 20.3 Å². The van der Waals surface area contributed by atoms with Crippen LogP contribution in [0.25, 0.3) is 0 Å². The minimum atomic E-state index is -0.114. The zero-order chi connectivity index (χ0) is 11.1. The second kappa shape index (κ2) is 6.19. The quantitative estimate of drug-likeness (QED) is 0.598. The minimum absolute atomic E-state index is 0.114. The summed E-state index contributed by atoms with van der Waals surface area (Å²) >= 11 is 0. The van der Waals surface area contributed by atoms with Crippen LogP contribution in [0.15, 0.2) is 10.9 Å². The molecule has 15 heavy (non-hydrogen) atoms. The highest BCUT2D eigenvalue weighted by Crippen LogP contribution is 1.97. The predicted octanol–water partition coefficient (Wildman–Crippen LogP) is 0.490. The fourth-order valence-corrected chi connectivity index (χ4v) is 1.28. The lowest BCUT2D eigenvalue weighted by Crippen LogP contribution is -2.18. The van der Waals surface area contributed by atoms with Crippen LogP contribution in [0, 0.1) is 6.92 Å². The summed E-state index contributed by atoms with van der Waals surface area (Å²) in [6.07, 6.45) is 1.02. The Balaban J connectivity index is 2.34. The molecule has 0 bridgehead atoms.